The largest absolute Gasteiger partial charge is 0.506 e. The van der Waals surface area contributed by atoms with E-state index >= 15 is 0 Å². The van der Waals surface area contributed by atoms with Crippen LogP contribution in [-0.4, -0.2) is 37.9 Å². The first-order valence-corrected chi connectivity index (χ1v) is 9.42. The molecule has 1 aliphatic heterocycles. The predicted molar refractivity (Wildman–Crippen MR) is 106 cm³/mol. The van der Waals surface area contributed by atoms with Crippen molar-refractivity contribution in [3.05, 3.63) is 53.3 Å². The molecular formula is C20H19ClN6O. The molecule has 0 saturated carbocycles. The number of aryl methyl sites for hydroxylation is 1. The van der Waals surface area contributed by atoms with Gasteiger partial charge < -0.3 is 14.6 Å². The maximum Gasteiger partial charge on any atom is 0.135 e. The van der Waals surface area contributed by atoms with E-state index in [1.807, 2.05) is 17.7 Å². The second kappa shape index (κ2) is 7.49. The molecule has 1 aromatic carbocycles. The zero-order valence-electron chi connectivity index (χ0n) is 15.4. The van der Waals surface area contributed by atoms with E-state index in [-0.39, 0.29) is 5.75 Å². The molecule has 7 nitrogen and oxygen atoms in total. The van der Waals surface area contributed by atoms with Gasteiger partial charge in [0.25, 0.3) is 0 Å². The van der Waals surface area contributed by atoms with Gasteiger partial charge >= 0.3 is 0 Å². The van der Waals surface area contributed by atoms with Crippen molar-refractivity contribution in [3.8, 4) is 22.9 Å². The third kappa shape index (κ3) is 3.27. The van der Waals surface area contributed by atoms with E-state index in [0.717, 1.165) is 48.6 Å². The number of nitriles is 1. The van der Waals surface area contributed by atoms with Crippen LogP contribution in [0, 0.1) is 11.3 Å². The molecule has 1 N–H and O–H groups in total. The fourth-order valence-corrected chi connectivity index (χ4v) is 4.03. The molecule has 0 atom stereocenters. The van der Waals surface area contributed by atoms with Crippen LogP contribution in [0.3, 0.4) is 0 Å². The van der Waals surface area contributed by atoms with Crippen LogP contribution in [0.1, 0.15) is 30.1 Å². The highest BCUT2D eigenvalue weighted by molar-refractivity contribution is 6.32. The molecule has 1 saturated heterocycles. The lowest BCUT2D eigenvalue weighted by Crippen LogP contribution is -2.34. The normalized spacial score (nSPS) is 14.8. The fourth-order valence-electron chi connectivity index (χ4n) is 3.83. The molecule has 0 radical (unpaired) electrons. The molecule has 142 valence electrons. The highest BCUT2D eigenvalue weighted by atomic mass is 35.5. The molecule has 0 spiro atoms. The summed E-state index contributed by atoms with van der Waals surface area (Å²) in [4.78, 5) is 6.27. The van der Waals surface area contributed by atoms with Gasteiger partial charge in [0.15, 0.2) is 0 Å². The zero-order chi connectivity index (χ0) is 19.7. The van der Waals surface area contributed by atoms with Crippen LogP contribution >= 0.6 is 11.6 Å². The minimum atomic E-state index is 0.0814. The van der Waals surface area contributed by atoms with Crippen molar-refractivity contribution >= 4 is 17.3 Å². The summed E-state index contributed by atoms with van der Waals surface area (Å²) < 4.78 is 1.96. The summed E-state index contributed by atoms with van der Waals surface area (Å²) in [6, 6.07) is 7.49. The van der Waals surface area contributed by atoms with E-state index in [2.05, 4.69) is 26.2 Å². The number of nitrogens with zero attached hydrogens (tertiary/aromatic N) is 6. The van der Waals surface area contributed by atoms with Crippen molar-refractivity contribution in [2.45, 2.75) is 18.8 Å². The summed E-state index contributed by atoms with van der Waals surface area (Å²) in [6.07, 6.45) is 6.60. The molecule has 0 amide bonds. The highest BCUT2D eigenvalue weighted by Crippen LogP contribution is 2.40. The van der Waals surface area contributed by atoms with Crippen molar-refractivity contribution in [1.82, 2.24) is 19.7 Å². The van der Waals surface area contributed by atoms with Gasteiger partial charge in [0.1, 0.15) is 24.0 Å². The minimum Gasteiger partial charge on any atom is -0.506 e. The molecule has 3 aromatic rings. The lowest BCUT2D eigenvalue weighted by atomic mass is 9.93. The quantitative estimate of drug-likeness (QED) is 0.731. The summed E-state index contributed by atoms with van der Waals surface area (Å²) in [7, 11) is 1.96. The molecule has 8 heteroatoms. The average Bonchev–Trinajstić information content (AvgIpc) is 3.13. The fraction of sp³-hybridized carbons (Fsp3) is 0.300. The Morgan fingerprint density at radius 3 is 2.68 bits per heavy atom. The Bertz CT molecular complexity index is 1050. The van der Waals surface area contributed by atoms with Crippen molar-refractivity contribution in [2.75, 3.05) is 18.0 Å². The van der Waals surface area contributed by atoms with Gasteiger partial charge in [0.05, 0.1) is 22.5 Å². The Morgan fingerprint density at radius 1 is 1.25 bits per heavy atom. The number of hydrogen-bond donors (Lipinski definition) is 1. The molecular weight excluding hydrogens is 376 g/mol. The number of rotatable bonds is 3. The maximum absolute atomic E-state index is 9.84. The van der Waals surface area contributed by atoms with Gasteiger partial charge in [-0.2, -0.15) is 5.26 Å². The SMILES string of the molecule is Cn1cnnc1C1CCN(c2c(-c3cncc(O)c3)ccc(Cl)c2C#N)CC1. The van der Waals surface area contributed by atoms with Gasteiger partial charge in [-0.3, -0.25) is 4.98 Å². The molecule has 3 heterocycles. The van der Waals surface area contributed by atoms with E-state index in [9.17, 15) is 10.4 Å². The molecule has 4 rings (SSSR count). The second-order valence-corrected chi connectivity index (χ2v) is 7.33. The van der Waals surface area contributed by atoms with Crippen LogP contribution < -0.4 is 4.90 Å². The Labute approximate surface area is 167 Å². The minimum absolute atomic E-state index is 0.0814. The summed E-state index contributed by atoms with van der Waals surface area (Å²) >= 11 is 6.33. The first-order valence-electron chi connectivity index (χ1n) is 9.04. The van der Waals surface area contributed by atoms with Gasteiger partial charge in [0, 0.05) is 43.4 Å². The van der Waals surface area contributed by atoms with Crippen molar-refractivity contribution < 1.29 is 5.11 Å². The number of halogens is 1. The van der Waals surface area contributed by atoms with Crippen LogP contribution in [0.4, 0.5) is 5.69 Å². The predicted octanol–water partition coefficient (Wildman–Crippen LogP) is 3.49. The van der Waals surface area contributed by atoms with Crippen molar-refractivity contribution in [3.63, 3.8) is 0 Å². The topological polar surface area (TPSA) is 90.9 Å². The van der Waals surface area contributed by atoms with Crippen molar-refractivity contribution in [1.29, 1.82) is 5.26 Å². The Balaban J connectivity index is 1.70. The number of anilines is 1. The number of aromatic nitrogens is 4. The molecule has 0 unspecified atom stereocenters. The third-order valence-electron chi connectivity index (χ3n) is 5.20. The molecule has 28 heavy (non-hydrogen) atoms. The lowest BCUT2D eigenvalue weighted by Gasteiger charge is -2.35. The van der Waals surface area contributed by atoms with Crippen molar-refractivity contribution in [2.24, 2.45) is 7.05 Å². The van der Waals surface area contributed by atoms with E-state index in [4.69, 9.17) is 11.6 Å². The van der Waals surface area contributed by atoms with Crippen LogP contribution in [0.15, 0.2) is 36.9 Å². The van der Waals surface area contributed by atoms with E-state index < -0.39 is 0 Å². The van der Waals surface area contributed by atoms with Crippen LogP contribution in [0.5, 0.6) is 5.75 Å². The van der Waals surface area contributed by atoms with Gasteiger partial charge in [-0.15, -0.1) is 10.2 Å². The maximum atomic E-state index is 9.84. The third-order valence-corrected chi connectivity index (χ3v) is 5.51. The summed E-state index contributed by atoms with van der Waals surface area (Å²) in [5, 5.41) is 28.2. The van der Waals surface area contributed by atoms with Gasteiger partial charge in [-0.25, -0.2) is 0 Å². The molecule has 1 aliphatic rings. The Hall–Kier alpha value is -3.11. The molecule has 1 fully saturated rings. The van der Waals surface area contributed by atoms with Crippen LogP contribution in [-0.2, 0) is 7.05 Å². The second-order valence-electron chi connectivity index (χ2n) is 6.92. The summed E-state index contributed by atoms with van der Waals surface area (Å²) in [5.74, 6) is 1.40. The number of hydrogen-bond acceptors (Lipinski definition) is 6. The summed E-state index contributed by atoms with van der Waals surface area (Å²) in [6.45, 7) is 1.54. The van der Waals surface area contributed by atoms with Gasteiger partial charge in [-0.1, -0.05) is 17.7 Å². The van der Waals surface area contributed by atoms with E-state index in [1.54, 1.807) is 24.7 Å². The van der Waals surface area contributed by atoms with E-state index in [1.165, 1.54) is 6.20 Å². The van der Waals surface area contributed by atoms with Gasteiger partial charge in [-0.05, 0) is 25.0 Å². The first-order chi connectivity index (χ1) is 13.6. The molecule has 2 aromatic heterocycles. The Kier molecular flexibility index (Phi) is 4.88. The highest BCUT2D eigenvalue weighted by Gasteiger charge is 2.27. The molecule has 0 aliphatic carbocycles. The standard InChI is InChI=1S/C20H19ClN6O/c1-26-12-24-25-20(26)13-4-6-27(7-5-13)19-16(2-3-18(21)17(19)9-22)14-8-15(28)11-23-10-14/h2-3,8,10-13,28H,4-7H2,1H3. The van der Waals surface area contributed by atoms with E-state index in [0.29, 0.717) is 16.5 Å². The zero-order valence-corrected chi connectivity index (χ0v) is 16.1. The summed E-state index contributed by atoms with van der Waals surface area (Å²) in [5.41, 5.74) is 2.82. The average molecular weight is 395 g/mol. The lowest BCUT2D eigenvalue weighted by molar-refractivity contribution is 0.472. The van der Waals surface area contributed by atoms with Crippen LogP contribution in [0.2, 0.25) is 5.02 Å². The smallest absolute Gasteiger partial charge is 0.135 e. The van der Waals surface area contributed by atoms with Crippen LogP contribution in [0.25, 0.3) is 11.1 Å². The first kappa shape index (κ1) is 18.3. The number of pyridine rings is 1. The number of benzene rings is 1. The number of piperidine rings is 1. The monoisotopic (exact) mass is 394 g/mol. The Morgan fingerprint density at radius 2 is 2.04 bits per heavy atom. The van der Waals surface area contributed by atoms with Gasteiger partial charge in [0.2, 0.25) is 0 Å². The number of aromatic hydroxyl groups is 1. The molecule has 0 bridgehead atoms.